The molecular weight excluding hydrogens is 219 g/mol. The number of hydrazone groups is 1. The Morgan fingerprint density at radius 1 is 1.44 bits per heavy atom. The Morgan fingerprint density at radius 2 is 2.12 bits per heavy atom. The molecule has 0 aliphatic carbocycles. The summed E-state index contributed by atoms with van der Waals surface area (Å²) < 4.78 is 36.2. The number of nitrogens with zero attached hydrogens (tertiary/aromatic N) is 2. The van der Waals surface area contributed by atoms with Gasteiger partial charge in [0.05, 0.1) is 17.3 Å². The van der Waals surface area contributed by atoms with Crippen LogP contribution < -0.4 is 5.43 Å². The van der Waals surface area contributed by atoms with Crippen LogP contribution in [0.15, 0.2) is 29.4 Å². The second-order valence-corrected chi connectivity index (χ2v) is 3.00. The number of halogens is 3. The second kappa shape index (κ2) is 4.66. The van der Waals surface area contributed by atoms with Gasteiger partial charge in [-0.05, 0) is 25.1 Å². The van der Waals surface area contributed by atoms with Crippen molar-refractivity contribution in [2.45, 2.75) is 13.1 Å². The molecule has 0 heterocycles. The van der Waals surface area contributed by atoms with Gasteiger partial charge in [-0.25, -0.2) is 0 Å². The summed E-state index contributed by atoms with van der Waals surface area (Å²) in [5.74, 6) is 0. The maximum absolute atomic E-state index is 12.1. The van der Waals surface area contributed by atoms with Crippen molar-refractivity contribution >= 4 is 11.4 Å². The van der Waals surface area contributed by atoms with Gasteiger partial charge in [-0.3, -0.25) is 5.43 Å². The molecule has 6 heteroatoms. The van der Waals surface area contributed by atoms with Crippen molar-refractivity contribution < 1.29 is 13.2 Å². The van der Waals surface area contributed by atoms with E-state index in [1.165, 1.54) is 12.1 Å². The van der Waals surface area contributed by atoms with Crippen molar-refractivity contribution in [1.82, 2.24) is 0 Å². The fourth-order valence-corrected chi connectivity index (χ4v) is 0.870. The van der Waals surface area contributed by atoms with Crippen LogP contribution in [0.4, 0.5) is 18.9 Å². The minimum atomic E-state index is -4.44. The van der Waals surface area contributed by atoms with Gasteiger partial charge in [0, 0.05) is 0 Å². The first-order valence-corrected chi connectivity index (χ1v) is 4.31. The van der Waals surface area contributed by atoms with Gasteiger partial charge in [0.25, 0.3) is 0 Å². The van der Waals surface area contributed by atoms with Crippen molar-refractivity contribution in [2.75, 3.05) is 5.43 Å². The zero-order chi connectivity index (χ0) is 12.2. The van der Waals surface area contributed by atoms with Crippen molar-refractivity contribution in [3.05, 3.63) is 29.8 Å². The Kier molecular flexibility index (Phi) is 3.51. The highest BCUT2D eigenvalue weighted by molar-refractivity contribution is 5.87. The molecule has 1 N–H and O–H groups in total. The summed E-state index contributed by atoms with van der Waals surface area (Å²) in [6.45, 7) is 0.862. The van der Waals surface area contributed by atoms with E-state index in [9.17, 15) is 13.2 Å². The fourth-order valence-electron chi connectivity index (χ4n) is 0.870. The molecule has 0 aromatic heterocycles. The topological polar surface area (TPSA) is 48.2 Å². The second-order valence-electron chi connectivity index (χ2n) is 3.00. The number of nitrogens with one attached hydrogen (secondary N) is 1. The summed E-state index contributed by atoms with van der Waals surface area (Å²) in [4.78, 5) is 0. The predicted molar refractivity (Wildman–Crippen MR) is 53.9 cm³/mol. The predicted octanol–water partition coefficient (Wildman–Crippen LogP) is 2.91. The molecule has 0 saturated carbocycles. The lowest BCUT2D eigenvalue weighted by molar-refractivity contribution is -0.0592. The fraction of sp³-hybridized carbons (Fsp3) is 0.200. The Balaban J connectivity index is 2.79. The average molecular weight is 227 g/mol. The van der Waals surface area contributed by atoms with Crippen LogP contribution >= 0.6 is 0 Å². The number of rotatable bonds is 2. The van der Waals surface area contributed by atoms with Gasteiger partial charge in [-0.2, -0.15) is 23.5 Å². The largest absolute Gasteiger partial charge is 0.430 e. The minimum absolute atomic E-state index is 0.336. The van der Waals surface area contributed by atoms with Crippen molar-refractivity contribution in [2.24, 2.45) is 5.10 Å². The minimum Gasteiger partial charge on any atom is -0.278 e. The standard InChI is InChI=1S/C10H8F3N3/c1-7(10(11,12)13)15-16-9-4-2-3-8(5-9)6-14/h2-5,16H,1H3/b15-7+. The van der Waals surface area contributed by atoms with Crippen LogP contribution in [0.5, 0.6) is 0 Å². The number of benzene rings is 1. The molecule has 0 aliphatic heterocycles. The summed E-state index contributed by atoms with van der Waals surface area (Å²) in [6, 6.07) is 7.91. The highest BCUT2D eigenvalue weighted by Gasteiger charge is 2.32. The molecule has 1 aromatic rings. The first kappa shape index (κ1) is 12.0. The van der Waals surface area contributed by atoms with E-state index in [0.717, 1.165) is 6.92 Å². The summed E-state index contributed by atoms with van der Waals surface area (Å²) >= 11 is 0. The Morgan fingerprint density at radius 3 is 2.69 bits per heavy atom. The molecule has 0 radical (unpaired) electrons. The molecule has 16 heavy (non-hydrogen) atoms. The first-order valence-electron chi connectivity index (χ1n) is 4.31. The molecule has 0 aliphatic rings. The van der Waals surface area contributed by atoms with E-state index in [4.69, 9.17) is 5.26 Å². The van der Waals surface area contributed by atoms with E-state index in [1.807, 2.05) is 6.07 Å². The lowest BCUT2D eigenvalue weighted by atomic mass is 10.2. The van der Waals surface area contributed by atoms with E-state index in [2.05, 4.69) is 10.5 Å². The van der Waals surface area contributed by atoms with Gasteiger partial charge in [-0.15, -0.1) is 0 Å². The van der Waals surface area contributed by atoms with E-state index in [0.29, 0.717) is 11.3 Å². The van der Waals surface area contributed by atoms with Crippen LogP contribution in [0.1, 0.15) is 12.5 Å². The zero-order valence-corrected chi connectivity index (χ0v) is 8.34. The molecule has 0 spiro atoms. The molecule has 3 nitrogen and oxygen atoms in total. The quantitative estimate of drug-likeness (QED) is 0.623. The Labute approximate surface area is 90.2 Å². The molecule has 0 unspecified atom stereocenters. The number of anilines is 1. The molecular formula is C10H8F3N3. The van der Waals surface area contributed by atoms with Crippen molar-refractivity contribution in [3.8, 4) is 6.07 Å². The van der Waals surface area contributed by atoms with Gasteiger partial charge >= 0.3 is 6.18 Å². The normalized spacial score (nSPS) is 12.1. The van der Waals surface area contributed by atoms with Crippen molar-refractivity contribution in [3.63, 3.8) is 0 Å². The molecule has 84 valence electrons. The smallest absolute Gasteiger partial charge is 0.278 e. The summed E-state index contributed by atoms with van der Waals surface area (Å²) in [6.07, 6.45) is -4.44. The third-order valence-electron chi connectivity index (χ3n) is 1.75. The number of nitriles is 1. The van der Waals surface area contributed by atoms with E-state index < -0.39 is 11.9 Å². The summed E-state index contributed by atoms with van der Waals surface area (Å²) in [5, 5.41) is 11.7. The Hall–Kier alpha value is -2.03. The zero-order valence-electron chi connectivity index (χ0n) is 8.34. The maximum Gasteiger partial charge on any atom is 0.430 e. The summed E-state index contributed by atoms with van der Waals surface area (Å²) in [5.41, 5.74) is 1.95. The van der Waals surface area contributed by atoms with E-state index >= 15 is 0 Å². The molecule has 0 saturated heterocycles. The van der Waals surface area contributed by atoms with Crippen LogP contribution in [-0.4, -0.2) is 11.9 Å². The van der Waals surface area contributed by atoms with E-state index in [-0.39, 0.29) is 0 Å². The summed E-state index contributed by atoms with van der Waals surface area (Å²) in [7, 11) is 0. The van der Waals surface area contributed by atoms with Crippen LogP contribution in [0.2, 0.25) is 0 Å². The van der Waals surface area contributed by atoms with Crippen LogP contribution in [-0.2, 0) is 0 Å². The van der Waals surface area contributed by atoms with Crippen LogP contribution in [0, 0.1) is 11.3 Å². The first-order chi connectivity index (χ1) is 7.43. The number of alkyl halides is 3. The van der Waals surface area contributed by atoms with Gasteiger partial charge in [0.15, 0.2) is 0 Å². The molecule has 1 aromatic carbocycles. The lowest BCUT2D eigenvalue weighted by Crippen LogP contribution is -2.20. The number of hydrogen-bond acceptors (Lipinski definition) is 3. The number of hydrogen-bond donors (Lipinski definition) is 1. The monoisotopic (exact) mass is 227 g/mol. The molecule has 0 fully saturated rings. The third-order valence-corrected chi connectivity index (χ3v) is 1.75. The van der Waals surface area contributed by atoms with Crippen molar-refractivity contribution in [1.29, 1.82) is 5.26 Å². The van der Waals surface area contributed by atoms with Gasteiger partial charge in [0.2, 0.25) is 0 Å². The van der Waals surface area contributed by atoms with Crippen LogP contribution in [0.25, 0.3) is 0 Å². The highest BCUT2D eigenvalue weighted by Crippen LogP contribution is 2.17. The third kappa shape index (κ3) is 3.28. The average Bonchev–Trinajstić information content (AvgIpc) is 2.25. The molecule has 0 atom stereocenters. The maximum atomic E-state index is 12.1. The SMILES string of the molecule is C/C(=N\Nc1cccc(C#N)c1)C(F)(F)F. The molecule has 0 amide bonds. The Bertz CT molecular complexity index is 443. The molecule has 0 bridgehead atoms. The lowest BCUT2D eigenvalue weighted by Gasteiger charge is -2.06. The van der Waals surface area contributed by atoms with Gasteiger partial charge in [-0.1, -0.05) is 6.07 Å². The van der Waals surface area contributed by atoms with Gasteiger partial charge in [0.1, 0.15) is 5.71 Å². The van der Waals surface area contributed by atoms with Crippen LogP contribution in [0.3, 0.4) is 0 Å². The van der Waals surface area contributed by atoms with Gasteiger partial charge < -0.3 is 0 Å². The van der Waals surface area contributed by atoms with E-state index in [1.54, 1.807) is 12.1 Å². The molecule has 1 rings (SSSR count). The highest BCUT2D eigenvalue weighted by atomic mass is 19.4.